The van der Waals surface area contributed by atoms with E-state index < -0.39 is 0 Å². The lowest BCUT2D eigenvalue weighted by molar-refractivity contribution is 0.373. The average molecular weight is 177 g/mol. The van der Waals surface area contributed by atoms with Crippen molar-refractivity contribution >= 4 is 12.4 Å². The second-order valence-electron chi connectivity index (χ2n) is 2.38. The van der Waals surface area contributed by atoms with E-state index in [1.54, 1.807) is 24.5 Å². The maximum atomic E-state index is 9.91. The Morgan fingerprint density at radius 3 is 2.92 bits per heavy atom. The molecule has 0 aliphatic carbocycles. The van der Waals surface area contributed by atoms with E-state index in [9.17, 15) is 9.90 Å². The minimum atomic E-state index is 0.0785. The first-order valence-corrected chi connectivity index (χ1v) is 3.69. The summed E-state index contributed by atoms with van der Waals surface area (Å²) in [6, 6.07) is 4.80. The lowest BCUT2D eigenvalue weighted by Crippen LogP contribution is -1.84. The Balaban J connectivity index is 2.99. The molecule has 1 aromatic rings. The highest BCUT2D eigenvalue weighted by Crippen LogP contribution is 2.26. The summed E-state index contributed by atoms with van der Waals surface area (Å²) in [4.78, 5) is 9.91. The molecule has 3 nitrogen and oxygen atoms in total. The van der Waals surface area contributed by atoms with Crippen molar-refractivity contribution in [3.8, 4) is 11.5 Å². The molecule has 0 aliphatic heterocycles. The van der Waals surface area contributed by atoms with E-state index in [0.717, 1.165) is 5.56 Å². The molecular formula is C10H9O3. The first-order chi connectivity index (χ1) is 6.27. The van der Waals surface area contributed by atoms with Gasteiger partial charge in [-0.15, -0.1) is 0 Å². The molecule has 0 aromatic heterocycles. The fourth-order valence-corrected chi connectivity index (χ4v) is 0.928. The first kappa shape index (κ1) is 9.32. The van der Waals surface area contributed by atoms with E-state index in [1.165, 1.54) is 19.3 Å². The summed E-state index contributed by atoms with van der Waals surface area (Å²) in [5.41, 5.74) is 0.776. The lowest BCUT2D eigenvalue weighted by atomic mass is 10.2. The van der Waals surface area contributed by atoms with Gasteiger partial charge in [0.25, 0.3) is 0 Å². The molecule has 1 aromatic carbocycles. The number of hydrogen-bond acceptors (Lipinski definition) is 3. The van der Waals surface area contributed by atoms with Crippen LogP contribution in [-0.2, 0) is 4.79 Å². The smallest absolute Gasteiger partial charge is 0.225 e. The predicted octanol–water partition coefficient (Wildman–Crippen LogP) is 1.52. The third-order valence-corrected chi connectivity index (χ3v) is 1.55. The van der Waals surface area contributed by atoms with Gasteiger partial charge >= 0.3 is 0 Å². The van der Waals surface area contributed by atoms with E-state index in [1.807, 2.05) is 0 Å². The maximum Gasteiger partial charge on any atom is 0.225 e. The highest BCUT2D eigenvalue weighted by molar-refractivity contribution is 5.74. The fourth-order valence-electron chi connectivity index (χ4n) is 0.928. The van der Waals surface area contributed by atoms with Crippen molar-refractivity contribution in [2.24, 2.45) is 0 Å². The number of aromatic hydroxyl groups is 1. The Bertz CT molecular complexity index is 329. The highest BCUT2D eigenvalue weighted by atomic mass is 16.5. The summed E-state index contributed by atoms with van der Waals surface area (Å²) < 4.78 is 4.88. The molecule has 3 heteroatoms. The van der Waals surface area contributed by atoms with Crippen LogP contribution in [0.5, 0.6) is 11.5 Å². The van der Waals surface area contributed by atoms with Gasteiger partial charge in [-0.25, -0.2) is 0 Å². The van der Waals surface area contributed by atoms with Crippen LogP contribution in [0, 0.1) is 0 Å². The van der Waals surface area contributed by atoms with Gasteiger partial charge < -0.3 is 9.84 Å². The van der Waals surface area contributed by atoms with Crippen LogP contribution in [0.25, 0.3) is 6.08 Å². The fraction of sp³-hybridized carbons (Fsp3) is 0.100. The van der Waals surface area contributed by atoms with E-state index in [2.05, 4.69) is 0 Å². The summed E-state index contributed by atoms with van der Waals surface area (Å²) in [6.45, 7) is 0. The summed E-state index contributed by atoms with van der Waals surface area (Å²) >= 11 is 0. The van der Waals surface area contributed by atoms with Gasteiger partial charge in [-0.2, -0.15) is 0 Å². The highest BCUT2D eigenvalue weighted by Gasteiger charge is 1.99. The van der Waals surface area contributed by atoms with Crippen molar-refractivity contribution in [1.29, 1.82) is 0 Å². The van der Waals surface area contributed by atoms with Crippen molar-refractivity contribution in [2.45, 2.75) is 0 Å². The van der Waals surface area contributed by atoms with Crippen molar-refractivity contribution in [2.75, 3.05) is 7.11 Å². The average Bonchev–Trinajstić information content (AvgIpc) is 2.16. The third kappa shape index (κ3) is 2.33. The van der Waals surface area contributed by atoms with Crippen LogP contribution in [0.4, 0.5) is 0 Å². The third-order valence-electron chi connectivity index (χ3n) is 1.55. The Morgan fingerprint density at radius 2 is 2.31 bits per heavy atom. The molecule has 13 heavy (non-hydrogen) atoms. The molecule has 0 amide bonds. The SMILES string of the molecule is COc1cc(/C=C/[C]=O)ccc1O. The van der Waals surface area contributed by atoms with Gasteiger partial charge in [0.05, 0.1) is 7.11 Å². The quantitative estimate of drug-likeness (QED) is 0.712. The van der Waals surface area contributed by atoms with Crippen molar-refractivity contribution < 1.29 is 14.6 Å². The molecule has 0 unspecified atom stereocenters. The van der Waals surface area contributed by atoms with Crippen molar-refractivity contribution in [1.82, 2.24) is 0 Å². The second-order valence-corrected chi connectivity index (χ2v) is 2.38. The number of phenols is 1. The number of ether oxygens (including phenoxy) is 1. The van der Waals surface area contributed by atoms with Gasteiger partial charge in [-0.3, -0.25) is 4.79 Å². The molecule has 0 heterocycles. The summed E-state index contributed by atoms with van der Waals surface area (Å²) in [5.74, 6) is 0.461. The Morgan fingerprint density at radius 1 is 1.54 bits per heavy atom. The van der Waals surface area contributed by atoms with Gasteiger partial charge in [0.2, 0.25) is 6.29 Å². The van der Waals surface area contributed by atoms with Crippen LogP contribution in [0.1, 0.15) is 5.56 Å². The molecule has 1 N–H and O–H groups in total. The molecule has 67 valence electrons. The molecule has 0 saturated carbocycles. The Labute approximate surface area is 76.3 Å². The number of rotatable bonds is 3. The van der Waals surface area contributed by atoms with Gasteiger partial charge in [-0.05, 0) is 23.8 Å². The normalized spacial score (nSPS) is 10.2. The molecule has 1 radical (unpaired) electrons. The number of carbonyl (C=O) groups excluding carboxylic acids is 1. The predicted molar refractivity (Wildman–Crippen MR) is 49.4 cm³/mol. The molecule has 0 saturated heterocycles. The molecule has 0 fully saturated rings. The summed E-state index contributed by atoms with van der Waals surface area (Å²) in [5, 5.41) is 9.23. The number of hydrogen-bond donors (Lipinski definition) is 1. The van der Waals surface area contributed by atoms with Crippen molar-refractivity contribution in [3.63, 3.8) is 0 Å². The number of allylic oxidation sites excluding steroid dienone is 1. The number of phenolic OH excluding ortho intramolecular Hbond substituents is 1. The Hall–Kier alpha value is -1.77. The topological polar surface area (TPSA) is 46.5 Å². The minimum absolute atomic E-state index is 0.0785. The maximum absolute atomic E-state index is 9.91. The molecule has 0 atom stereocenters. The van der Waals surface area contributed by atoms with Crippen molar-refractivity contribution in [3.05, 3.63) is 29.8 Å². The second kappa shape index (κ2) is 4.30. The van der Waals surface area contributed by atoms with E-state index in [0.29, 0.717) is 5.75 Å². The van der Waals surface area contributed by atoms with Gasteiger partial charge in [0, 0.05) is 0 Å². The number of benzene rings is 1. The van der Waals surface area contributed by atoms with Crippen LogP contribution in [0.3, 0.4) is 0 Å². The zero-order chi connectivity index (χ0) is 9.68. The summed E-state index contributed by atoms with van der Waals surface area (Å²) in [7, 11) is 1.47. The molecule has 0 bridgehead atoms. The van der Waals surface area contributed by atoms with Crippen LogP contribution in [-0.4, -0.2) is 18.5 Å². The van der Waals surface area contributed by atoms with Crippen LogP contribution >= 0.6 is 0 Å². The molecule has 1 rings (SSSR count). The standard InChI is InChI=1S/C10H9O3/c1-13-10-7-8(3-2-6-11)4-5-9(10)12/h2-5,7,12H,1H3/b3-2+. The monoisotopic (exact) mass is 177 g/mol. The zero-order valence-electron chi connectivity index (χ0n) is 7.15. The van der Waals surface area contributed by atoms with Gasteiger partial charge in [0.15, 0.2) is 11.5 Å². The summed E-state index contributed by atoms with van der Waals surface area (Å²) in [6.07, 6.45) is 4.47. The molecule has 0 spiro atoms. The van der Waals surface area contributed by atoms with E-state index in [-0.39, 0.29) is 5.75 Å². The van der Waals surface area contributed by atoms with Crippen LogP contribution in [0.2, 0.25) is 0 Å². The van der Waals surface area contributed by atoms with E-state index in [4.69, 9.17) is 4.74 Å². The first-order valence-electron chi connectivity index (χ1n) is 3.69. The number of methoxy groups -OCH3 is 1. The van der Waals surface area contributed by atoms with Crippen LogP contribution < -0.4 is 4.74 Å². The zero-order valence-corrected chi connectivity index (χ0v) is 7.15. The molecule has 0 aliphatic rings. The van der Waals surface area contributed by atoms with Crippen LogP contribution in [0.15, 0.2) is 24.3 Å². The lowest BCUT2D eigenvalue weighted by Gasteiger charge is -2.02. The Kier molecular flexibility index (Phi) is 3.09. The van der Waals surface area contributed by atoms with Gasteiger partial charge in [-0.1, -0.05) is 12.1 Å². The molecular weight excluding hydrogens is 168 g/mol. The van der Waals surface area contributed by atoms with E-state index >= 15 is 0 Å². The van der Waals surface area contributed by atoms with Gasteiger partial charge in [0.1, 0.15) is 0 Å². The minimum Gasteiger partial charge on any atom is -0.504 e. The largest absolute Gasteiger partial charge is 0.504 e.